The number of aromatic nitrogens is 3. The molecule has 106 valence electrons. The number of aryl methyl sites for hydroxylation is 1. The Bertz CT molecular complexity index is 615. The van der Waals surface area contributed by atoms with E-state index in [0.717, 1.165) is 17.9 Å². The van der Waals surface area contributed by atoms with E-state index in [-0.39, 0.29) is 0 Å². The van der Waals surface area contributed by atoms with Gasteiger partial charge in [-0.1, -0.05) is 11.6 Å². The molecule has 1 aliphatic rings. The quantitative estimate of drug-likeness (QED) is 0.851. The minimum Gasteiger partial charge on any atom is -0.367 e. The molecular formula is C14H17ClN4O. The summed E-state index contributed by atoms with van der Waals surface area (Å²) < 4.78 is 7.78. The third-order valence-corrected chi connectivity index (χ3v) is 3.92. The molecule has 1 saturated heterocycles. The molecule has 3 heterocycles. The highest BCUT2D eigenvalue weighted by Crippen LogP contribution is 2.33. The lowest BCUT2D eigenvalue weighted by Crippen LogP contribution is -2.48. The molecule has 0 radical (unpaired) electrons. The van der Waals surface area contributed by atoms with Gasteiger partial charge >= 0.3 is 0 Å². The Morgan fingerprint density at radius 2 is 2.30 bits per heavy atom. The number of hydrogen-bond acceptors (Lipinski definition) is 4. The topological polar surface area (TPSA) is 43.2 Å². The summed E-state index contributed by atoms with van der Waals surface area (Å²) in [5.74, 6) is 0.813. The predicted octanol–water partition coefficient (Wildman–Crippen LogP) is 2.22. The van der Waals surface area contributed by atoms with Crippen LogP contribution in [0.4, 0.5) is 5.82 Å². The van der Waals surface area contributed by atoms with Crippen molar-refractivity contribution in [3.05, 3.63) is 41.3 Å². The maximum atomic E-state index is 6.24. The van der Waals surface area contributed by atoms with E-state index in [4.69, 9.17) is 16.3 Å². The fourth-order valence-corrected chi connectivity index (χ4v) is 2.77. The molecule has 0 aliphatic carbocycles. The Morgan fingerprint density at radius 3 is 3.00 bits per heavy atom. The van der Waals surface area contributed by atoms with E-state index in [1.54, 1.807) is 10.9 Å². The van der Waals surface area contributed by atoms with Crippen LogP contribution in [0.1, 0.15) is 12.5 Å². The summed E-state index contributed by atoms with van der Waals surface area (Å²) in [6.45, 7) is 4.20. The lowest BCUT2D eigenvalue weighted by molar-refractivity contribution is -0.0468. The van der Waals surface area contributed by atoms with Crippen LogP contribution >= 0.6 is 11.6 Å². The molecule has 0 saturated carbocycles. The number of pyridine rings is 1. The molecule has 1 aliphatic heterocycles. The van der Waals surface area contributed by atoms with E-state index in [9.17, 15) is 0 Å². The van der Waals surface area contributed by atoms with Crippen molar-refractivity contribution in [2.75, 3.05) is 24.6 Å². The monoisotopic (exact) mass is 292 g/mol. The van der Waals surface area contributed by atoms with E-state index in [1.807, 2.05) is 31.6 Å². The third kappa shape index (κ3) is 2.39. The smallest absolute Gasteiger partial charge is 0.147 e. The summed E-state index contributed by atoms with van der Waals surface area (Å²) in [6.07, 6.45) is 5.60. The molecule has 3 rings (SSSR count). The van der Waals surface area contributed by atoms with Crippen LogP contribution in [0.2, 0.25) is 5.02 Å². The zero-order valence-corrected chi connectivity index (χ0v) is 12.3. The van der Waals surface area contributed by atoms with E-state index in [0.29, 0.717) is 18.2 Å². The molecule has 0 amide bonds. The van der Waals surface area contributed by atoms with E-state index < -0.39 is 5.60 Å². The van der Waals surface area contributed by atoms with Crippen LogP contribution < -0.4 is 4.90 Å². The largest absolute Gasteiger partial charge is 0.367 e. The number of morpholine rings is 1. The summed E-state index contributed by atoms with van der Waals surface area (Å²) in [5, 5.41) is 4.90. The molecule has 0 aromatic carbocycles. The molecule has 2 aromatic rings. The predicted molar refractivity (Wildman–Crippen MR) is 78.0 cm³/mol. The maximum Gasteiger partial charge on any atom is 0.147 e. The van der Waals surface area contributed by atoms with Crippen molar-refractivity contribution >= 4 is 17.4 Å². The summed E-state index contributed by atoms with van der Waals surface area (Å²) in [4.78, 5) is 6.55. The minimum atomic E-state index is -0.395. The van der Waals surface area contributed by atoms with Gasteiger partial charge in [-0.2, -0.15) is 5.10 Å². The fourth-order valence-electron chi connectivity index (χ4n) is 2.53. The summed E-state index contributed by atoms with van der Waals surface area (Å²) in [7, 11) is 1.91. The van der Waals surface area contributed by atoms with E-state index >= 15 is 0 Å². The van der Waals surface area contributed by atoms with Crippen molar-refractivity contribution in [2.45, 2.75) is 12.5 Å². The summed E-state index contributed by atoms with van der Waals surface area (Å²) >= 11 is 6.24. The summed E-state index contributed by atoms with van der Waals surface area (Å²) in [6, 6.07) is 3.70. The van der Waals surface area contributed by atoms with Gasteiger partial charge in [0.25, 0.3) is 0 Å². The van der Waals surface area contributed by atoms with Crippen LogP contribution in [0.25, 0.3) is 0 Å². The number of hydrogen-bond donors (Lipinski definition) is 0. The van der Waals surface area contributed by atoms with Crippen LogP contribution in [0, 0.1) is 0 Å². The van der Waals surface area contributed by atoms with Gasteiger partial charge in [0.2, 0.25) is 0 Å². The number of rotatable bonds is 2. The molecule has 0 bridgehead atoms. The molecule has 0 spiro atoms. The van der Waals surface area contributed by atoms with Gasteiger partial charge in [-0.25, -0.2) is 4.98 Å². The van der Waals surface area contributed by atoms with Gasteiger partial charge in [0, 0.05) is 31.5 Å². The minimum absolute atomic E-state index is 0.395. The first-order valence-electron chi connectivity index (χ1n) is 6.57. The first-order chi connectivity index (χ1) is 9.58. The van der Waals surface area contributed by atoms with Crippen molar-refractivity contribution in [3.8, 4) is 0 Å². The Kier molecular flexibility index (Phi) is 3.40. The van der Waals surface area contributed by atoms with Gasteiger partial charge in [0.1, 0.15) is 11.4 Å². The number of halogens is 1. The second kappa shape index (κ2) is 5.07. The van der Waals surface area contributed by atoms with Gasteiger partial charge in [0.05, 0.1) is 24.4 Å². The van der Waals surface area contributed by atoms with Gasteiger partial charge in [-0.05, 0) is 19.1 Å². The van der Waals surface area contributed by atoms with Crippen molar-refractivity contribution in [3.63, 3.8) is 0 Å². The third-order valence-electron chi connectivity index (χ3n) is 3.63. The van der Waals surface area contributed by atoms with Crippen LogP contribution in [-0.4, -0.2) is 34.5 Å². The lowest BCUT2D eigenvalue weighted by atomic mass is 9.97. The highest BCUT2D eigenvalue weighted by molar-refractivity contribution is 6.32. The first kappa shape index (κ1) is 13.4. The van der Waals surface area contributed by atoms with Crippen LogP contribution in [0.15, 0.2) is 30.7 Å². The number of ether oxygens (including phenoxy) is 1. The fraction of sp³-hybridized carbons (Fsp3) is 0.429. The number of anilines is 1. The Hall–Kier alpha value is -1.59. The van der Waals surface area contributed by atoms with Crippen LogP contribution in [0.3, 0.4) is 0 Å². The van der Waals surface area contributed by atoms with Crippen molar-refractivity contribution in [1.29, 1.82) is 0 Å². The molecule has 6 heteroatoms. The molecule has 1 fully saturated rings. The number of nitrogens with zero attached hydrogens (tertiary/aromatic N) is 4. The highest BCUT2D eigenvalue weighted by atomic mass is 35.5. The van der Waals surface area contributed by atoms with Gasteiger partial charge in [0.15, 0.2) is 0 Å². The first-order valence-corrected chi connectivity index (χ1v) is 6.95. The highest BCUT2D eigenvalue weighted by Gasteiger charge is 2.35. The van der Waals surface area contributed by atoms with Gasteiger partial charge in [-0.15, -0.1) is 0 Å². The molecule has 5 nitrogen and oxygen atoms in total. The average Bonchev–Trinajstić information content (AvgIpc) is 2.87. The average molecular weight is 293 g/mol. The molecule has 0 N–H and O–H groups in total. The second-order valence-electron chi connectivity index (χ2n) is 5.21. The zero-order chi connectivity index (χ0) is 14.2. The molecule has 1 atom stereocenters. The van der Waals surface area contributed by atoms with E-state index in [2.05, 4.69) is 21.9 Å². The maximum absolute atomic E-state index is 6.24. The van der Waals surface area contributed by atoms with Gasteiger partial charge in [-0.3, -0.25) is 4.68 Å². The lowest BCUT2D eigenvalue weighted by Gasteiger charge is -2.40. The van der Waals surface area contributed by atoms with Crippen molar-refractivity contribution in [2.24, 2.45) is 7.05 Å². The molecular weight excluding hydrogens is 276 g/mol. The normalized spacial score (nSPS) is 23.1. The summed E-state index contributed by atoms with van der Waals surface area (Å²) in [5.41, 5.74) is 0.671. The second-order valence-corrected chi connectivity index (χ2v) is 5.62. The van der Waals surface area contributed by atoms with Gasteiger partial charge < -0.3 is 9.64 Å². The molecule has 2 aromatic heterocycles. The van der Waals surface area contributed by atoms with Crippen molar-refractivity contribution < 1.29 is 4.74 Å². The molecule has 1 unspecified atom stereocenters. The Morgan fingerprint density at radius 1 is 1.45 bits per heavy atom. The standard InChI is InChI=1S/C14H17ClN4O/c1-14(11-8-17-18(2)9-11)10-19(6-7-20-14)13-12(15)4-3-5-16-13/h3-5,8-9H,6-7,10H2,1-2H3. The molecule has 20 heavy (non-hydrogen) atoms. The van der Waals surface area contributed by atoms with Crippen LogP contribution in [-0.2, 0) is 17.4 Å². The van der Waals surface area contributed by atoms with Crippen LogP contribution in [0.5, 0.6) is 0 Å². The Balaban J connectivity index is 1.88. The Labute approximate surface area is 123 Å². The zero-order valence-electron chi connectivity index (χ0n) is 11.6. The van der Waals surface area contributed by atoms with E-state index in [1.165, 1.54) is 0 Å². The van der Waals surface area contributed by atoms with Crippen molar-refractivity contribution in [1.82, 2.24) is 14.8 Å². The SMILES string of the molecule is Cn1cc(C2(C)CN(c3ncccc3Cl)CCO2)cn1.